The van der Waals surface area contributed by atoms with Crippen molar-refractivity contribution >= 4 is 23.4 Å². The van der Waals surface area contributed by atoms with Gasteiger partial charge < -0.3 is 25.8 Å². The van der Waals surface area contributed by atoms with Gasteiger partial charge in [-0.3, -0.25) is 0 Å². The van der Waals surface area contributed by atoms with Crippen molar-refractivity contribution in [2.75, 3.05) is 24.1 Å². The molecular weight excluding hydrogens is 298 g/mol. The second kappa shape index (κ2) is 6.36. The second-order valence-corrected chi connectivity index (χ2v) is 6.60. The number of likely N-dealkylation sites (tertiary alicyclic amines) is 1. The zero-order valence-corrected chi connectivity index (χ0v) is 13.6. The number of amides is 1. The van der Waals surface area contributed by atoms with Crippen molar-refractivity contribution in [3.63, 3.8) is 0 Å². The number of nitrogens with zero attached hydrogens (tertiary/aromatic N) is 1. The van der Waals surface area contributed by atoms with Crippen molar-refractivity contribution < 1.29 is 19.4 Å². The number of nitrogens with two attached hydrogens (primary N) is 1. The minimum Gasteiger partial charge on any atom is -0.465 e. The maximum Gasteiger partial charge on any atom is 0.407 e. The maximum atomic E-state index is 12.1. The number of hydrogen-bond acceptors (Lipinski definition) is 5. The lowest BCUT2D eigenvalue weighted by molar-refractivity contribution is 0.00695. The standard InChI is InChI=1S/C16H23N3O4/c1-16(2,3)23-14(20)10-4-5-12(17)13(8-10)18-9-11-6-7-19(11)15(21)22/h4-5,8,11,18H,6-7,9,17H2,1-3H3,(H,21,22)/t11-/m0/s1. The number of rotatable bonds is 4. The molecule has 1 fully saturated rings. The first-order chi connectivity index (χ1) is 10.7. The van der Waals surface area contributed by atoms with Crippen molar-refractivity contribution in [3.8, 4) is 0 Å². The van der Waals surface area contributed by atoms with Crippen LogP contribution >= 0.6 is 0 Å². The van der Waals surface area contributed by atoms with Crippen LogP contribution in [0, 0.1) is 0 Å². The van der Waals surface area contributed by atoms with Crippen LogP contribution in [0.1, 0.15) is 37.6 Å². The molecule has 0 unspecified atom stereocenters. The molecule has 0 aliphatic carbocycles. The van der Waals surface area contributed by atoms with Crippen LogP contribution in [0.15, 0.2) is 18.2 Å². The van der Waals surface area contributed by atoms with Crippen molar-refractivity contribution in [3.05, 3.63) is 23.8 Å². The van der Waals surface area contributed by atoms with Crippen LogP contribution in [-0.4, -0.2) is 46.8 Å². The summed E-state index contributed by atoms with van der Waals surface area (Å²) in [5.74, 6) is -0.420. The summed E-state index contributed by atoms with van der Waals surface area (Å²) in [6.45, 7) is 6.42. The molecular formula is C16H23N3O4. The van der Waals surface area contributed by atoms with Gasteiger partial charge in [0.15, 0.2) is 0 Å². The summed E-state index contributed by atoms with van der Waals surface area (Å²) in [6, 6.07) is 4.81. The number of carbonyl (C=O) groups excluding carboxylic acids is 1. The van der Waals surface area contributed by atoms with Crippen LogP contribution in [0.2, 0.25) is 0 Å². The fraction of sp³-hybridized carbons (Fsp3) is 0.500. The number of carbonyl (C=O) groups is 2. The van der Waals surface area contributed by atoms with E-state index in [1.807, 2.05) is 0 Å². The van der Waals surface area contributed by atoms with E-state index in [-0.39, 0.29) is 6.04 Å². The van der Waals surface area contributed by atoms with E-state index in [1.165, 1.54) is 4.90 Å². The fourth-order valence-corrected chi connectivity index (χ4v) is 2.31. The van der Waals surface area contributed by atoms with Gasteiger partial charge in [-0.15, -0.1) is 0 Å². The van der Waals surface area contributed by atoms with Gasteiger partial charge in [-0.05, 0) is 45.4 Å². The van der Waals surface area contributed by atoms with Crippen molar-refractivity contribution in [1.29, 1.82) is 0 Å². The molecule has 4 N–H and O–H groups in total. The van der Waals surface area contributed by atoms with E-state index in [0.717, 1.165) is 6.42 Å². The predicted molar refractivity (Wildman–Crippen MR) is 87.6 cm³/mol. The van der Waals surface area contributed by atoms with Gasteiger partial charge in [0.05, 0.1) is 23.0 Å². The van der Waals surface area contributed by atoms with Crippen LogP contribution in [-0.2, 0) is 4.74 Å². The molecule has 0 spiro atoms. The molecule has 0 radical (unpaired) electrons. The Morgan fingerprint density at radius 1 is 1.43 bits per heavy atom. The number of carboxylic acid groups (broad SMARTS) is 1. The minimum atomic E-state index is -0.918. The third kappa shape index (κ3) is 4.28. The Bertz CT molecular complexity index is 610. The van der Waals surface area contributed by atoms with Gasteiger partial charge in [-0.25, -0.2) is 9.59 Å². The van der Waals surface area contributed by atoms with E-state index < -0.39 is 17.7 Å². The molecule has 1 amide bonds. The molecule has 1 atom stereocenters. The van der Waals surface area contributed by atoms with Gasteiger partial charge >= 0.3 is 12.1 Å². The largest absolute Gasteiger partial charge is 0.465 e. The van der Waals surface area contributed by atoms with Gasteiger partial charge in [-0.2, -0.15) is 0 Å². The summed E-state index contributed by atoms with van der Waals surface area (Å²) < 4.78 is 5.33. The number of esters is 1. The van der Waals surface area contributed by atoms with E-state index in [9.17, 15) is 9.59 Å². The molecule has 0 bridgehead atoms. The first kappa shape index (κ1) is 16.9. The van der Waals surface area contributed by atoms with Gasteiger partial charge in [-0.1, -0.05) is 0 Å². The Balaban J connectivity index is 2.03. The molecule has 1 aliphatic rings. The van der Waals surface area contributed by atoms with Crippen molar-refractivity contribution in [2.45, 2.75) is 38.8 Å². The second-order valence-electron chi connectivity index (χ2n) is 6.60. The highest BCUT2D eigenvalue weighted by molar-refractivity contribution is 5.92. The third-order valence-corrected chi connectivity index (χ3v) is 3.61. The van der Waals surface area contributed by atoms with Gasteiger partial charge in [0.2, 0.25) is 0 Å². The number of nitrogen functional groups attached to an aromatic ring is 1. The first-order valence-corrected chi connectivity index (χ1v) is 7.53. The lowest BCUT2D eigenvalue weighted by atomic mass is 10.0. The number of anilines is 2. The SMILES string of the molecule is CC(C)(C)OC(=O)c1ccc(N)c(NC[C@@H]2CCN2C(=O)O)c1. The van der Waals surface area contributed by atoms with E-state index in [1.54, 1.807) is 39.0 Å². The van der Waals surface area contributed by atoms with Crippen molar-refractivity contribution in [1.82, 2.24) is 4.90 Å². The molecule has 1 heterocycles. The van der Waals surface area contributed by atoms with Crippen molar-refractivity contribution in [2.24, 2.45) is 0 Å². The van der Waals surface area contributed by atoms with E-state index in [2.05, 4.69) is 5.32 Å². The molecule has 2 rings (SSSR count). The van der Waals surface area contributed by atoms with Crippen LogP contribution < -0.4 is 11.1 Å². The molecule has 0 saturated carbocycles. The Labute approximate surface area is 135 Å². The fourth-order valence-electron chi connectivity index (χ4n) is 2.31. The molecule has 1 saturated heterocycles. The maximum absolute atomic E-state index is 12.1. The molecule has 7 heteroatoms. The smallest absolute Gasteiger partial charge is 0.407 e. The molecule has 1 aromatic carbocycles. The summed E-state index contributed by atoms with van der Waals surface area (Å²) >= 11 is 0. The summed E-state index contributed by atoms with van der Waals surface area (Å²) in [5.41, 5.74) is 6.85. The van der Waals surface area contributed by atoms with Gasteiger partial charge in [0.1, 0.15) is 5.60 Å². The number of nitrogens with one attached hydrogen (secondary N) is 1. The van der Waals surface area contributed by atoms with Crippen LogP contribution in [0.5, 0.6) is 0 Å². The molecule has 23 heavy (non-hydrogen) atoms. The van der Waals surface area contributed by atoms with E-state index in [0.29, 0.717) is 30.0 Å². The minimum absolute atomic E-state index is 0.0721. The Hall–Kier alpha value is -2.44. The Morgan fingerprint density at radius 2 is 2.13 bits per heavy atom. The highest BCUT2D eigenvalue weighted by atomic mass is 16.6. The average molecular weight is 321 g/mol. The van der Waals surface area contributed by atoms with E-state index in [4.69, 9.17) is 15.6 Å². The lowest BCUT2D eigenvalue weighted by Crippen LogP contribution is -2.53. The topological polar surface area (TPSA) is 105 Å². The van der Waals surface area contributed by atoms with Crippen LogP contribution in [0.4, 0.5) is 16.2 Å². The normalized spacial score (nSPS) is 17.3. The zero-order valence-electron chi connectivity index (χ0n) is 13.6. The summed E-state index contributed by atoms with van der Waals surface area (Å²) in [5, 5.41) is 12.1. The molecule has 1 aromatic rings. The van der Waals surface area contributed by atoms with Crippen LogP contribution in [0.3, 0.4) is 0 Å². The van der Waals surface area contributed by atoms with E-state index >= 15 is 0 Å². The molecule has 1 aliphatic heterocycles. The quantitative estimate of drug-likeness (QED) is 0.581. The predicted octanol–water partition coefficient (Wildman–Crippen LogP) is 2.39. The third-order valence-electron chi connectivity index (χ3n) is 3.61. The zero-order chi connectivity index (χ0) is 17.2. The molecule has 0 aromatic heterocycles. The number of ether oxygens (including phenoxy) is 1. The van der Waals surface area contributed by atoms with Gasteiger partial charge in [0, 0.05) is 13.1 Å². The summed E-state index contributed by atoms with van der Waals surface area (Å²) in [4.78, 5) is 24.4. The average Bonchev–Trinajstić information content (AvgIpc) is 2.36. The molecule has 7 nitrogen and oxygen atoms in total. The Morgan fingerprint density at radius 3 is 2.65 bits per heavy atom. The number of hydrogen-bond donors (Lipinski definition) is 3. The highest BCUT2D eigenvalue weighted by Gasteiger charge is 2.31. The first-order valence-electron chi connectivity index (χ1n) is 7.53. The summed E-state index contributed by atoms with van der Waals surface area (Å²) in [7, 11) is 0. The number of benzene rings is 1. The Kier molecular flexibility index (Phi) is 4.68. The lowest BCUT2D eigenvalue weighted by Gasteiger charge is -2.39. The highest BCUT2D eigenvalue weighted by Crippen LogP contribution is 2.24. The monoisotopic (exact) mass is 321 g/mol. The van der Waals surface area contributed by atoms with Crippen LogP contribution in [0.25, 0.3) is 0 Å². The van der Waals surface area contributed by atoms with Gasteiger partial charge in [0.25, 0.3) is 0 Å². The summed E-state index contributed by atoms with van der Waals surface area (Å²) in [6.07, 6.45) is -0.108. The molecule has 126 valence electrons.